The van der Waals surface area contributed by atoms with Crippen molar-refractivity contribution in [1.29, 1.82) is 10.5 Å². The number of aliphatic imine (C=N–C) groups is 2. The van der Waals surface area contributed by atoms with Crippen LogP contribution in [0.3, 0.4) is 0 Å². The number of ether oxygens (including phenoxy) is 2. The first kappa shape index (κ1) is 31.8. The number of rotatable bonds is 10. The Morgan fingerprint density at radius 3 is 1.52 bits per heavy atom. The fourth-order valence-electron chi connectivity index (χ4n) is 2.83. The minimum atomic E-state index is -0.566. The summed E-state index contributed by atoms with van der Waals surface area (Å²) in [4.78, 5) is 30.1. The molecule has 2 heterocycles. The lowest BCUT2D eigenvalue weighted by Gasteiger charge is -2.09. The van der Waals surface area contributed by atoms with Gasteiger partial charge in [0.15, 0.2) is 0 Å². The third-order valence-corrected chi connectivity index (χ3v) is 4.58. The number of benzene rings is 1. The van der Waals surface area contributed by atoms with Gasteiger partial charge in [-0.15, -0.1) is 12.0 Å². The average molecular weight is 541 g/mol. The van der Waals surface area contributed by atoms with Crippen molar-refractivity contribution in [3.63, 3.8) is 0 Å². The molecule has 0 amide bonds. The maximum Gasteiger partial charge on any atom is 0.339 e. The molecule has 1 aromatic carbocycles. The van der Waals surface area contributed by atoms with Crippen molar-refractivity contribution in [2.45, 2.75) is 13.1 Å². The Bertz CT molecular complexity index is 1370. The lowest BCUT2D eigenvalue weighted by molar-refractivity contribution is -0.697. The van der Waals surface area contributed by atoms with Crippen LogP contribution < -0.4 is 9.13 Å². The van der Waals surface area contributed by atoms with Gasteiger partial charge in [-0.25, -0.2) is 27.9 Å². The van der Waals surface area contributed by atoms with Gasteiger partial charge in [-0.05, 0) is 12.1 Å². The van der Waals surface area contributed by atoms with Crippen LogP contribution in [0, 0.1) is 22.9 Å². The van der Waals surface area contributed by atoms with Gasteiger partial charge in [-0.2, -0.15) is 10.5 Å². The molecule has 0 aliphatic heterocycles. The molecule has 202 valence electrons. The van der Waals surface area contributed by atoms with E-state index in [2.05, 4.69) is 23.1 Å². The molecule has 40 heavy (non-hydrogen) atoms. The number of carbonyl (C=O) groups is 2. The highest BCUT2D eigenvalue weighted by atomic mass is 16.5. The van der Waals surface area contributed by atoms with Gasteiger partial charge in [0, 0.05) is 0 Å². The SMILES string of the molecule is C=Cn1cc[n+](CCOC(=O)c2ccccc2C(=O)OCC[n+]2ccn(C=C)c2)c1.N#CN=C=[N-].N#CN=C=[N-]. The second kappa shape index (κ2) is 19.0. The topological polar surface area (TPSA) is 187 Å². The Morgan fingerprint density at radius 1 is 0.850 bits per heavy atom. The highest BCUT2D eigenvalue weighted by Crippen LogP contribution is 2.12. The van der Waals surface area contributed by atoms with Crippen LogP contribution in [-0.2, 0) is 22.6 Å². The van der Waals surface area contributed by atoms with Crippen LogP contribution in [0.2, 0.25) is 0 Å². The fourth-order valence-corrected chi connectivity index (χ4v) is 2.83. The van der Waals surface area contributed by atoms with E-state index in [0.29, 0.717) is 13.1 Å². The normalized spacial score (nSPS) is 8.75. The summed E-state index contributed by atoms with van der Waals surface area (Å²) in [5.74, 6) is -1.13. The number of nitriles is 2. The first-order valence-corrected chi connectivity index (χ1v) is 11.2. The summed E-state index contributed by atoms with van der Waals surface area (Å²) in [6.07, 6.45) is 16.9. The number of nitrogens with zero attached hydrogens (tertiary/aromatic N) is 10. The summed E-state index contributed by atoms with van der Waals surface area (Å²) in [5.41, 5.74) is 0.364. The molecule has 0 aliphatic rings. The molecule has 0 unspecified atom stereocenters. The second-order valence-electron chi connectivity index (χ2n) is 7.00. The highest BCUT2D eigenvalue weighted by molar-refractivity contribution is 6.03. The third kappa shape index (κ3) is 11.7. The van der Waals surface area contributed by atoms with Crippen molar-refractivity contribution < 1.29 is 28.2 Å². The van der Waals surface area contributed by atoms with Gasteiger partial charge in [-0.1, -0.05) is 25.3 Å². The summed E-state index contributed by atoms with van der Waals surface area (Å²) in [6, 6.07) is 9.03. The maximum atomic E-state index is 12.5. The quantitative estimate of drug-likeness (QED) is 0.164. The molecule has 0 spiro atoms. The molecule has 3 rings (SSSR count). The van der Waals surface area contributed by atoms with Gasteiger partial charge in [-0.3, -0.25) is 0 Å². The molecule has 0 radical (unpaired) electrons. The summed E-state index contributed by atoms with van der Waals surface area (Å²) < 4.78 is 18.0. The molecule has 0 atom stereocenters. The summed E-state index contributed by atoms with van der Waals surface area (Å²) >= 11 is 0. The van der Waals surface area contributed by atoms with Gasteiger partial charge in [0.1, 0.15) is 51.1 Å². The van der Waals surface area contributed by atoms with E-state index in [9.17, 15) is 9.59 Å². The van der Waals surface area contributed by atoms with E-state index in [1.165, 1.54) is 24.4 Å². The summed E-state index contributed by atoms with van der Waals surface area (Å²) in [5, 5.41) is 29.7. The number of aromatic nitrogens is 4. The average Bonchev–Trinajstić information content (AvgIpc) is 3.64. The van der Waals surface area contributed by atoms with Gasteiger partial charge in [0.05, 0.1) is 35.9 Å². The van der Waals surface area contributed by atoms with Crippen LogP contribution in [0.25, 0.3) is 23.2 Å². The first-order valence-electron chi connectivity index (χ1n) is 11.2. The van der Waals surface area contributed by atoms with E-state index in [1.807, 2.05) is 46.6 Å². The number of imidazole rings is 2. The maximum absolute atomic E-state index is 12.5. The predicted molar refractivity (Wildman–Crippen MR) is 142 cm³/mol. The number of esters is 2. The first-order chi connectivity index (χ1) is 19.4. The Morgan fingerprint density at radius 2 is 1.25 bits per heavy atom. The largest absolute Gasteiger partial charge is 0.458 e. The van der Waals surface area contributed by atoms with Crippen LogP contribution in [0.4, 0.5) is 0 Å². The van der Waals surface area contributed by atoms with Gasteiger partial charge < -0.3 is 30.3 Å². The Balaban J connectivity index is 0.000000686. The van der Waals surface area contributed by atoms with Crippen molar-refractivity contribution in [2.75, 3.05) is 13.2 Å². The second-order valence-corrected chi connectivity index (χ2v) is 7.00. The number of hydrogen-bond donors (Lipinski definition) is 0. The Kier molecular flexibility index (Phi) is 15.1. The molecular weight excluding hydrogens is 516 g/mol. The van der Waals surface area contributed by atoms with Crippen molar-refractivity contribution in [3.05, 3.63) is 96.8 Å². The van der Waals surface area contributed by atoms with E-state index in [4.69, 9.17) is 30.8 Å². The number of carbonyl (C=O) groups excluding carboxylic acids is 2. The zero-order chi connectivity index (χ0) is 29.6. The lowest BCUT2D eigenvalue weighted by Crippen LogP contribution is -2.34. The zero-order valence-electron chi connectivity index (χ0n) is 21.3. The Hall–Kier alpha value is -6.20. The van der Waals surface area contributed by atoms with E-state index >= 15 is 0 Å². The molecule has 14 nitrogen and oxygen atoms in total. The fraction of sp³-hybridized carbons (Fsp3) is 0.154. The zero-order valence-corrected chi connectivity index (χ0v) is 21.3. The number of hydrogen-bond acceptors (Lipinski definition) is 8. The minimum Gasteiger partial charge on any atom is -0.458 e. The van der Waals surface area contributed by atoms with Crippen LogP contribution >= 0.6 is 0 Å². The minimum absolute atomic E-state index is 0.172. The van der Waals surface area contributed by atoms with Crippen molar-refractivity contribution in [2.24, 2.45) is 9.98 Å². The molecule has 0 fully saturated rings. The van der Waals surface area contributed by atoms with Gasteiger partial charge >= 0.3 is 11.9 Å². The Labute approximate surface area is 229 Å². The smallest absolute Gasteiger partial charge is 0.339 e. The van der Waals surface area contributed by atoms with Gasteiger partial charge in [0.2, 0.25) is 12.7 Å². The monoisotopic (exact) mass is 540 g/mol. The molecule has 3 aromatic rings. The lowest BCUT2D eigenvalue weighted by atomic mass is 10.1. The molecule has 0 saturated carbocycles. The molecule has 0 aliphatic carbocycles. The van der Waals surface area contributed by atoms with E-state index in [1.54, 1.807) is 45.8 Å². The summed E-state index contributed by atoms with van der Waals surface area (Å²) in [6.45, 7) is 8.67. The van der Waals surface area contributed by atoms with E-state index < -0.39 is 11.9 Å². The molecule has 0 bridgehead atoms. The molecule has 0 N–H and O–H groups in total. The van der Waals surface area contributed by atoms with Crippen LogP contribution in [0.1, 0.15) is 20.7 Å². The molecule has 14 heteroatoms. The van der Waals surface area contributed by atoms with Crippen molar-refractivity contribution in [1.82, 2.24) is 9.13 Å². The van der Waals surface area contributed by atoms with E-state index in [-0.39, 0.29) is 24.3 Å². The highest BCUT2D eigenvalue weighted by Gasteiger charge is 2.19. The predicted octanol–water partition coefficient (Wildman–Crippen LogP) is 2.20. The molecule has 2 aromatic heterocycles. The van der Waals surface area contributed by atoms with Gasteiger partial charge in [0.25, 0.3) is 0 Å². The van der Waals surface area contributed by atoms with Crippen LogP contribution in [0.15, 0.2) is 84.9 Å². The van der Waals surface area contributed by atoms with E-state index in [0.717, 1.165) is 0 Å². The van der Waals surface area contributed by atoms with Crippen LogP contribution in [0.5, 0.6) is 0 Å². The molecular formula is C26H24N10O4. The molecule has 0 saturated heterocycles. The standard InChI is InChI=1S/C22H24N4O4.2C2N3/c1-3-23-9-11-25(17-23)13-15-29-21(27)19-7-5-6-8-20(19)22(28)30-16-14-26-12-10-24(4-2)18-26;2*3-1-5-2-4/h3-12,17-18H,1-2,13-16H2;;/q+2;2*-1. The summed E-state index contributed by atoms with van der Waals surface area (Å²) in [7, 11) is 0. The third-order valence-electron chi connectivity index (χ3n) is 4.58. The van der Waals surface area contributed by atoms with Crippen molar-refractivity contribution in [3.8, 4) is 12.4 Å². The van der Waals surface area contributed by atoms with Crippen molar-refractivity contribution >= 4 is 36.4 Å². The van der Waals surface area contributed by atoms with Crippen LogP contribution in [-0.4, -0.2) is 46.3 Å².